The smallest absolute Gasteiger partial charge is 0.335 e. The maximum Gasteiger partial charge on any atom is 0.335 e. The summed E-state index contributed by atoms with van der Waals surface area (Å²) in [6.07, 6.45) is 3.19. The van der Waals surface area contributed by atoms with E-state index in [1.54, 1.807) is 18.2 Å². The van der Waals surface area contributed by atoms with Gasteiger partial charge in [-0.05, 0) is 38.0 Å². The van der Waals surface area contributed by atoms with E-state index < -0.39 is 5.97 Å². The third-order valence-electron chi connectivity index (χ3n) is 3.14. The fourth-order valence-electron chi connectivity index (χ4n) is 1.96. The molecule has 2 N–H and O–H groups in total. The Kier molecular flexibility index (Phi) is 4.55. The molecule has 0 radical (unpaired) electrons. The molecule has 3 heteroatoms. The summed E-state index contributed by atoms with van der Waals surface area (Å²) in [5.41, 5.74) is 1.24. The molecule has 0 saturated carbocycles. The van der Waals surface area contributed by atoms with Crippen LogP contribution in [0.1, 0.15) is 50.4 Å². The Labute approximate surface area is 103 Å². The number of rotatable bonds is 6. The summed E-state index contributed by atoms with van der Waals surface area (Å²) in [6, 6.07) is 6.98. The molecule has 0 amide bonds. The first-order valence-electron chi connectivity index (χ1n) is 6.12. The Hall–Kier alpha value is -1.51. The minimum atomic E-state index is -0.887. The van der Waals surface area contributed by atoms with Gasteiger partial charge in [0.15, 0.2) is 0 Å². The maximum atomic E-state index is 10.9. The zero-order chi connectivity index (χ0) is 12.9. The standard InChI is InChI=1S/C14H21NO2/c1-4-9-14(3,5-2)15-12-8-6-7-11(10-12)13(16)17/h6-8,10,15H,4-5,9H2,1-3H3,(H,16,17). The van der Waals surface area contributed by atoms with Gasteiger partial charge in [0.05, 0.1) is 5.56 Å². The van der Waals surface area contributed by atoms with Crippen LogP contribution in [0.25, 0.3) is 0 Å². The largest absolute Gasteiger partial charge is 0.478 e. The van der Waals surface area contributed by atoms with Crippen LogP contribution in [-0.2, 0) is 0 Å². The lowest BCUT2D eigenvalue weighted by molar-refractivity contribution is 0.0697. The van der Waals surface area contributed by atoms with Gasteiger partial charge in [-0.15, -0.1) is 0 Å². The number of carbonyl (C=O) groups is 1. The third-order valence-corrected chi connectivity index (χ3v) is 3.14. The highest BCUT2D eigenvalue weighted by Gasteiger charge is 2.20. The molecular weight excluding hydrogens is 214 g/mol. The van der Waals surface area contributed by atoms with E-state index in [1.807, 2.05) is 6.07 Å². The van der Waals surface area contributed by atoms with Crippen molar-refractivity contribution in [1.82, 2.24) is 0 Å². The van der Waals surface area contributed by atoms with Crippen LogP contribution in [0.3, 0.4) is 0 Å². The average molecular weight is 235 g/mol. The van der Waals surface area contributed by atoms with Gasteiger partial charge in [-0.3, -0.25) is 0 Å². The lowest BCUT2D eigenvalue weighted by Crippen LogP contribution is -2.33. The molecule has 0 aliphatic heterocycles. The fraction of sp³-hybridized carbons (Fsp3) is 0.500. The molecule has 1 unspecified atom stereocenters. The summed E-state index contributed by atoms with van der Waals surface area (Å²) in [6.45, 7) is 6.47. The van der Waals surface area contributed by atoms with Crippen LogP contribution >= 0.6 is 0 Å². The monoisotopic (exact) mass is 235 g/mol. The van der Waals surface area contributed by atoms with Gasteiger partial charge in [0.1, 0.15) is 0 Å². The van der Waals surface area contributed by atoms with Crippen molar-refractivity contribution in [2.45, 2.75) is 45.6 Å². The van der Waals surface area contributed by atoms with Gasteiger partial charge in [0.25, 0.3) is 0 Å². The lowest BCUT2D eigenvalue weighted by atomic mass is 9.92. The van der Waals surface area contributed by atoms with Crippen molar-refractivity contribution < 1.29 is 9.90 Å². The first-order chi connectivity index (χ1) is 8.00. The van der Waals surface area contributed by atoms with E-state index in [4.69, 9.17) is 5.11 Å². The van der Waals surface area contributed by atoms with Crippen LogP contribution in [0, 0.1) is 0 Å². The number of carboxylic acid groups (broad SMARTS) is 1. The van der Waals surface area contributed by atoms with E-state index in [9.17, 15) is 4.79 Å². The molecule has 3 nitrogen and oxygen atoms in total. The van der Waals surface area contributed by atoms with Crippen molar-refractivity contribution >= 4 is 11.7 Å². The maximum absolute atomic E-state index is 10.9. The van der Waals surface area contributed by atoms with E-state index in [0.717, 1.165) is 24.9 Å². The third kappa shape index (κ3) is 3.77. The molecule has 1 rings (SSSR count). The number of nitrogens with one attached hydrogen (secondary N) is 1. The molecule has 0 bridgehead atoms. The minimum absolute atomic E-state index is 0.0336. The van der Waals surface area contributed by atoms with Crippen molar-refractivity contribution in [3.05, 3.63) is 29.8 Å². The highest BCUT2D eigenvalue weighted by atomic mass is 16.4. The SMILES string of the molecule is CCCC(C)(CC)Nc1cccc(C(=O)O)c1. The molecule has 0 aromatic heterocycles. The second-order valence-corrected chi connectivity index (χ2v) is 4.68. The van der Waals surface area contributed by atoms with E-state index in [0.29, 0.717) is 5.56 Å². The van der Waals surface area contributed by atoms with Crippen molar-refractivity contribution in [1.29, 1.82) is 0 Å². The Bertz CT molecular complexity index is 390. The van der Waals surface area contributed by atoms with Gasteiger partial charge in [0, 0.05) is 11.2 Å². The first-order valence-corrected chi connectivity index (χ1v) is 6.12. The molecule has 0 aliphatic rings. The molecule has 0 fully saturated rings. The molecule has 0 spiro atoms. The second kappa shape index (κ2) is 5.71. The van der Waals surface area contributed by atoms with Crippen molar-refractivity contribution in [2.75, 3.05) is 5.32 Å². The highest BCUT2D eigenvalue weighted by Crippen LogP contribution is 2.23. The van der Waals surface area contributed by atoms with Crippen LogP contribution in [0.15, 0.2) is 24.3 Å². The molecule has 0 saturated heterocycles. The molecule has 1 aromatic rings. The predicted molar refractivity (Wildman–Crippen MR) is 70.6 cm³/mol. The molecule has 94 valence electrons. The van der Waals surface area contributed by atoms with E-state index >= 15 is 0 Å². The number of hydrogen-bond acceptors (Lipinski definition) is 2. The molecular formula is C14H21NO2. The Morgan fingerprint density at radius 2 is 2.12 bits per heavy atom. The zero-order valence-electron chi connectivity index (χ0n) is 10.8. The number of carboxylic acids is 1. The van der Waals surface area contributed by atoms with Crippen LogP contribution < -0.4 is 5.32 Å². The van der Waals surface area contributed by atoms with Gasteiger partial charge in [-0.2, -0.15) is 0 Å². The van der Waals surface area contributed by atoms with Gasteiger partial charge >= 0.3 is 5.97 Å². The van der Waals surface area contributed by atoms with Gasteiger partial charge < -0.3 is 10.4 Å². The van der Waals surface area contributed by atoms with E-state index in [2.05, 4.69) is 26.1 Å². The lowest BCUT2D eigenvalue weighted by Gasteiger charge is -2.30. The molecule has 1 aromatic carbocycles. The highest BCUT2D eigenvalue weighted by molar-refractivity contribution is 5.88. The van der Waals surface area contributed by atoms with Crippen LogP contribution in [-0.4, -0.2) is 16.6 Å². The average Bonchev–Trinajstić information content (AvgIpc) is 2.29. The fourth-order valence-corrected chi connectivity index (χ4v) is 1.96. The van der Waals surface area contributed by atoms with Crippen molar-refractivity contribution in [3.63, 3.8) is 0 Å². The normalized spacial score (nSPS) is 14.1. The van der Waals surface area contributed by atoms with Gasteiger partial charge in [-0.1, -0.05) is 26.3 Å². The van der Waals surface area contributed by atoms with E-state index in [-0.39, 0.29) is 5.54 Å². The molecule has 0 aliphatic carbocycles. The first kappa shape index (κ1) is 13.6. The second-order valence-electron chi connectivity index (χ2n) is 4.68. The van der Waals surface area contributed by atoms with Crippen LogP contribution in [0.2, 0.25) is 0 Å². The summed E-state index contributed by atoms with van der Waals surface area (Å²) in [4.78, 5) is 10.9. The number of aromatic carboxylic acids is 1. The quantitative estimate of drug-likeness (QED) is 0.789. The summed E-state index contributed by atoms with van der Waals surface area (Å²) in [7, 11) is 0. The topological polar surface area (TPSA) is 49.3 Å². The summed E-state index contributed by atoms with van der Waals surface area (Å²) >= 11 is 0. The van der Waals surface area contributed by atoms with Crippen LogP contribution in [0.5, 0.6) is 0 Å². The zero-order valence-corrected chi connectivity index (χ0v) is 10.8. The van der Waals surface area contributed by atoms with Gasteiger partial charge in [0.2, 0.25) is 0 Å². The number of benzene rings is 1. The van der Waals surface area contributed by atoms with Crippen molar-refractivity contribution in [2.24, 2.45) is 0 Å². The Morgan fingerprint density at radius 3 is 2.65 bits per heavy atom. The molecule has 0 heterocycles. The van der Waals surface area contributed by atoms with E-state index in [1.165, 1.54) is 0 Å². The Morgan fingerprint density at radius 1 is 1.41 bits per heavy atom. The Balaban J connectivity index is 2.86. The van der Waals surface area contributed by atoms with Crippen LogP contribution in [0.4, 0.5) is 5.69 Å². The predicted octanol–water partition coefficient (Wildman–Crippen LogP) is 3.77. The molecule has 1 atom stereocenters. The number of hydrogen-bond donors (Lipinski definition) is 2. The summed E-state index contributed by atoms with van der Waals surface area (Å²) in [5, 5.41) is 12.4. The molecule has 17 heavy (non-hydrogen) atoms. The minimum Gasteiger partial charge on any atom is -0.478 e. The summed E-state index contributed by atoms with van der Waals surface area (Å²) < 4.78 is 0. The van der Waals surface area contributed by atoms with Crippen molar-refractivity contribution in [3.8, 4) is 0 Å². The summed E-state index contributed by atoms with van der Waals surface area (Å²) in [5.74, 6) is -0.887. The number of anilines is 1. The van der Waals surface area contributed by atoms with Gasteiger partial charge in [-0.25, -0.2) is 4.79 Å².